The number of rotatable bonds is 5. The van der Waals surface area contributed by atoms with E-state index in [0.29, 0.717) is 11.1 Å². The standard InChI is InChI=1S/C15H15FN2O3S/c1-10(19)12-3-2-4-13(8-12)18-22(20,21)15-7-11(9-17)5-6-14(15)16/h2-8,18H,9,17H2,1H3. The summed E-state index contributed by atoms with van der Waals surface area (Å²) in [5.74, 6) is -1.07. The van der Waals surface area contributed by atoms with Crippen LogP contribution in [0.2, 0.25) is 0 Å². The zero-order valence-corrected chi connectivity index (χ0v) is 12.7. The lowest BCUT2D eigenvalue weighted by molar-refractivity contribution is 0.101. The predicted octanol–water partition coefficient (Wildman–Crippen LogP) is 2.29. The van der Waals surface area contributed by atoms with Crippen molar-refractivity contribution in [2.24, 2.45) is 5.73 Å². The Kier molecular flexibility index (Phi) is 4.58. The molecule has 0 aliphatic rings. The van der Waals surface area contributed by atoms with E-state index in [0.717, 1.165) is 6.07 Å². The van der Waals surface area contributed by atoms with Gasteiger partial charge in [-0.15, -0.1) is 0 Å². The second-order valence-corrected chi connectivity index (χ2v) is 6.36. The van der Waals surface area contributed by atoms with E-state index in [1.54, 1.807) is 12.1 Å². The molecular formula is C15H15FN2O3S. The molecule has 0 unspecified atom stereocenters. The highest BCUT2D eigenvalue weighted by Crippen LogP contribution is 2.21. The molecule has 0 aliphatic heterocycles. The number of benzene rings is 2. The molecule has 0 aliphatic carbocycles. The fourth-order valence-electron chi connectivity index (χ4n) is 1.89. The second-order valence-electron chi connectivity index (χ2n) is 4.71. The summed E-state index contributed by atoms with van der Waals surface area (Å²) in [5.41, 5.74) is 6.49. The fraction of sp³-hybridized carbons (Fsp3) is 0.133. The average molecular weight is 322 g/mol. The molecule has 0 aromatic heterocycles. The number of ketones is 1. The van der Waals surface area contributed by atoms with Crippen LogP contribution in [-0.2, 0) is 16.6 Å². The summed E-state index contributed by atoms with van der Waals surface area (Å²) >= 11 is 0. The Morgan fingerprint density at radius 3 is 2.59 bits per heavy atom. The minimum absolute atomic E-state index is 0.0998. The average Bonchev–Trinajstić information content (AvgIpc) is 2.47. The van der Waals surface area contributed by atoms with Gasteiger partial charge >= 0.3 is 0 Å². The minimum Gasteiger partial charge on any atom is -0.326 e. The molecule has 0 bridgehead atoms. The summed E-state index contributed by atoms with van der Waals surface area (Å²) in [6.07, 6.45) is 0. The summed E-state index contributed by atoms with van der Waals surface area (Å²) in [6.45, 7) is 1.47. The zero-order chi connectivity index (χ0) is 16.3. The van der Waals surface area contributed by atoms with Gasteiger partial charge in [0.25, 0.3) is 10.0 Å². The molecule has 2 aromatic carbocycles. The maximum Gasteiger partial charge on any atom is 0.264 e. The second kappa shape index (κ2) is 6.25. The van der Waals surface area contributed by atoms with Crippen molar-refractivity contribution in [3.8, 4) is 0 Å². The van der Waals surface area contributed by atoms with E-state index in [2.05, 4.69) is 4.72 Å². The maximum absolute atomic E-state index is 13.8. The molecule has 2 aromatic rings. The molecule has 0 saturated heterocycles. The number of Topliss-reactive ketones (excluding diaryl/α,β-unsaturated/α-hetero) is 1. The molecule has 0 radical (unpaired) electrons. The van der Waals surface area contributed by atoms with Crippen LogP contribution in [0.25, 0.3) is 0 Å². The Morgan fingerprint density at radius 1 is 1.23 bits per heavy atom. The zero-order valence-electron chi connectivity index (χ0n) is 11.8. The normalized spacial score (nSPS) is 11.2. The van der Waals surface area contributed by atoms with E-state index in [1.807, 2.05) is 0 Å². The molecule has 0 fully saturated rings. The van der Waals surface area contributed by atoms with Gasteiger partial charge in [0, 0.05) is 17.8 Å². The summed E-state index contributed by atoms with van der Waals surface area (Å²) < 4.78 is 40.6. The maximum atomic E-state index is 13.8. The van der Waals surface area contributed by atoms with Gasteiger partial charge in [-0.1, -0.05) is 18.2 Å². The first-order valence-corrected chi connectivity index (χ1v) is 7.94. The lowest BCUT2D eigenvalue weighted by Gasteiger charge is -2.10. The van der Waals surface area contributed by atoms with Crippen molar-refractivity contribution in [1.82, 2.24) is 0 Å². The number of nitrogens with two attached hydrogens (primary N) is 1. The van der Waals surface area contributed by atoms with E-state index in [-0.39, 0.29) is 18.0 Å². The van der Waals surface area contributed by atoms with Crippen LogP contribution in [-0.4, -0.2) is 14.2 Å². The molecule has 0 amide bonds. The quantitative estimate of drug-likeness (QED) is 0.827. The number of anilines is 1. The number of halogens is 1. The Morgan fingerprint density at radius 2 is 1.95 bits per heavy atom. The SMILES string of the molecule is CC(=O)c1cccc(NS(=O)(=O)c2cc(CN)ccc2F)c1. The number of hydrogen-bond acceptors (Lipinski definition) is 4. The van der Waals surface area contributed by atoms with Crippen LogP contribution in [0.1, 0.15) is 22.8 Å². The highest BCUT2D eigenvalue weighted by Gasteiger charge is 2.20. The van der Waals surface area contributed by atoms with Crippen LogP contribution >= 0.6 is 0 Å². The van der Waals surface area contributed by atoms with Gasteiger partial charge in [-0.05, 0) is 36.8 Å². The third kappa shape index (κ3) is 3.49. The van der Waals surface area contributed by atoms with Crippen molar-refractivity contribution in [1.29, 1.82) is 0 Å². The fourth-order valence-corrected chi connectivity index (χ4v) is 3.07. The molecule has 0 spiro atoms. The monoisotopic (exact) mass is 322 g/mol. The number of nitrogens with one attached hydrogen (secondary N) is 1. The first-order valence-electron chi connectivity index (χ1n) is 6.46. The van der Waals surface area contributed by atoms with Crippen molar-refractivity contribution in [3.63, 3.8) is 0 Å². The first-order chi connectivity index (χ1) is 10.3. The van der Waals surface area contributed by atoms with Crippen molar-refractivity contribution in [2.45, 2.75) is 18.4 Å². The molecule has 0 saturated carbocycles. The molecule has 22 heavy (non-hydrogen) atoms. The van der Waals surface area contributed by atoms with Crippen LogP contribution in [0.15, 0.2) is 47.4 Å². The molecule has 0 heterocycles. The summed E-state index contributed by atoms with van der Waals surface area (Å²) in [6, 6.07) is 9.65. The van der Waals surface area contributed by atoms with E-state index in [4.69, 9.17) is 5.73 Å². The number of sulfonamides is 1. The smallest absolute Gasteiger partial charge is 0.264 e. The minimum atomic E-state index is -4.11. The Balaban J connectivity index is 2.40. The van der Waals surface area contributed by atoms with Gasteiger partial charge in [-0.3, -0.25) is 9.52 Å². The largest absolute Gasteiger partial charge is 0.326 e. The number of carbonyl (C=O) groups excluding carboxylic acids is 1. The van der Waals surface area contributed by atoms with Crippen molar-refractivity contribution in [3.05, 3.63) is 59.4 Å². The Labute approximate surface area is 128 Å². The molecule has 7 heteroatoms. The predicted molar refractivity (Wildman–Crippen MR) is 81.5 cm³/mol. The summed E-state index contributed by atoms with van der Waals surface area (Å²) in [7, 11) is -4.11. The molecule has 3 N–H and O–H groups in total. The van der Waals surface area contributed by atoms with Gasteiger partial charge in [-0.2, -0.15) is 0 Å². The first kappa shape index (κ1) is 16.1. The van der Waals surface area contributed by atoms with Crippen molar-refractivity contribution >= 4 is 21.5 Å². The van der Waals surface area contributed by atoms with Crippen molar-refractivity contribution in [2.75, 3.05) is 4.72 Å². The topological polar surface area (TPSA) is 89.3 Å². The van der Waals surface area contributed by atoms with E-state index < -0.39 is 20.7 Å². The van der Waals surface area contributed by atoms with Crippen LogP contribution < -0.4 is 10.5 Å². The lowest BCUT2D eigenvalue weighted by atomic mass is 10.1. The lowest BCUT2D eigenvalue weighted by Crippen LogP contribution is -2.15. The van der Waals surface area contributed by atoms with Gasteiger partial charge in [0.2, 0.25) is 0 Å². The van der Waals surface area contributed by atoms with Crippen LogP contribution in [0.4, 0.5) is 10.1 Å². The van der Waals surface area contributed by atoms with Crippen LogP contribution in [0.5, 0.6) is 0 Å². The third-order valence-corrected chi connectivity index (χ3v) is 4.44. The van der Waals surface area contributed by atoms with E-state index in [1.165, 1.54) is 31.2 Å². The van der Waals surface area contributed by atoms with Gasteiger partial charge in [0.05, 0.1) is 0 Å². The molecule has 116 valence electrons. The number of carbonyl (C=O) groups is 1. The molecule has 2 rings (SSSR count). The Hall–Kier alpha value is -2.25. The van der Waals surface area contributed by atoms with Crippen LogP contribution in [0, 0.1) is 5.82 Å². The van der Waals surface area contributed by atoms with Crippen molar-refractivity contribution < 1.29 is 17.6 Å². The highest BCUT2D eigenvalue weighted by atomic mass is 32.2. The van der Waals surface area contributed by atoms with Gasteiger partial charge in [-0.25, -0.2) is 12.8 Å². The van der Waals surface area contributed by atoms with Gasteiger partial charge < -0.3 is 5.73 Å². The third-order valence-electron chi connectivity index (χ3n) is 3.04. The van der Waals surface area contributed by atoms with E-state index >= 15 is 0 Å². The Bertz CT molecular complexity index is 819. The highest BCUT2D eigenvalue weighted by molar-refractivity contribution is 7.92. The summed E-state index contributed by atoms with van der Waals surface area (Å²) in [5, 5.41) is 0. The molecule has 0 atom stereocenters. The van der Waals surface area contributed by atoms with Crippen LogP contribution in [0.3, 0.4) is 0 Å². The van der Waals surface area contributed by atoms with Gasteiger partial charge in [0.15, 0.2) is 5.78 Å². The van der Waals surface area contributed by atoms with E-state index in [9.17, 15) is 17.6 Å². The number of hydrogen-bond donors (Lipinski definition) is 2. The summed E-state index contributed by atoms with van der Waals surface area (Å²) in [4.78, 5) is 10.8. The molecular weight excluding hydrogens is 307 g/mol. The van der Waals surface area contributed by atoms with Gasteiger partial charge in [0.1, 0.15) is 10.7 Å². The molecule has 5 nitrogen and oxygen atoms in total.